The standard InChI is InChI=1S/C13H14Cl2N2O3S/c1-7-3-4-12(20-7)8(2)17-21(18,19)13-10(14)5-9(16)6-11(13)15/h3-6,8,17H,16H2,1-2H3. The Morgan fingerprint density at radius 3 is 2.29 bits per heavy atom. The van der Waals surface area contributed by atoms with Gasteiger partial charge in [-0.2, -0.15) is 0 Å². The van der Waals surface area contributed by atoms with Gasteiger partial charge in [-0.3, -0.25) is 0 Å². The van der Waals surface area contributed by atoms with Gasteiger partial charge in [0.2, 0.25) is 10.0 Å². The van der Waals surface area contributed by atoms with Crippen LogP contribution >= 0.6 is 23.2 Å². The van der Waals surface area contributed by atoms with E-state index >= 15 is 0 Å². The smallest absolute Gasteiger partial charge is 0.244 e. The van der Waals surface area contributed by atoms with Crippen molar-refractivity contribution in [1.29, 1.82) is 0 Å². The van der Waals surface area contributed by atoms with Crippen molar-refractivity contribution in [2.45, 2.75) is 24.8 Å². The molecule has 0 saturated heterocycles. The zero-order valence-corrected chi connectivity index (χ0v) is 13.7. The van der Waals surface area contributed by atoms with E-state index in [4.69, 9.17) is 33.4 Å². The van der Waals surface area contributed by atoms with Crippen molar-refractivity contribution >= 4 is 38.9 Å². The monoisotopic (exact) mass is 348 g/mol. The van der Waals surface area contributed by atoms with Gasteiger partial charge in [0, 0.05) is 5.69 Å². The fourth-order valence-electron chi connectivity index (χ4n) is 1.87. The van der Waals surface area contributed by atoms with E-state index in [2.05, 4.69) is 4.72 Å². The van der Waals surface area contributed by atoms with Crippen LogP contribution in [0, 0.1) is 6.92 Å². The summed E-state index contributed by atoms with van der Waals surface area (Å²) >= 11 is 11.9. The molecular formula is C13H14Cl2N2O3S. The van der Waals surface area contributed by atoms with Crippen LogP contribution in [-0.4, -0.2) is 8.42 Å². The molecule has 1 aromatic carbocycles. The molecule has 0 bridgehead atoms. The van der Waals surface area contributed by atoms with Gasteiger partial charge in [-0.05, 0) is 38.1 Å². The minimum Gasteiger partial charge on any atom is -0.465 e. The summed E-state index contributed by atoms with van der Waals surface area (Å²) in [5.41, 5.74) is 5.86. The number of halogens is 2. The molecule has 114 valence electrons. The summed E-state index contributed by atoms with van der Waals surface area (Å²) in [7, 11) is -3.91. The first kappa shape index (κ1) is 16.2. The van der Waals surface area contributed by atoms with Gasteiger partial charge < -0.3 is 10.2 Å². The lowest BCUT2D eigenvalue weighted by Gasteiger charge is -2.14. The van der Waals surface area contributed by atoms with Gasteiger partial charge >= 0.3 is 0 Å². The van der Waals surface area contributed by atoms with Crippen LogP contribution in [0.2, 0.25) is 10.0 Å². The number of hydrogen-bond donors (Lipinski definition) is 2. The van der Waals surface area contributed by atoms with E-state index in [0.717, 1.165) is 0 Å². The van der Waals surface area contributed by atoms with Crippen molar-refractivity contribution in [3.63, 3.8) is 0 Å². The molecule has 1 heterocycles. The first-order valence-corrected chi connectivity index (χ1v) is 8.28. The minimum atomic E-state index is -3.91. The van der Waals surface area contributed by atoms with Crippen molar-refractivity contribution in [2.24, 2.45) is 0 Å². The third-order valence-corrected chi connectivity index (χ3v) is 5.27. The summed E-state index contributed by atoms with van der Waals surface area (Å²) in [6.45, 7) is 3.44. The molecule has 1 aromatic heterocycles. The highest BCUT2D eigenvalue weighted by Gasteiger charge is 2.25. The van der Waals surface area contributed by atoms with E-state index in [0.29, 0.717) is 17.2 Å². The minimum absolute atomic E-state index is 0.0321. The lowest BCUT2D eigenvalue weighted by atomic mass is 10.3. The second kappa shape index (κ2) is 5.88. The molecule has 2 rings (SSSR count). The molecule has 21 heavy (non-hydrogen) atoms. The number of nitrogen functional groups attached to an aromatic ring is 1. The second-order valence-corrected chi connectivity index (χ2v) is 7.07. The maximum Gasteiger partial charge on any atom is 0.244 e. The average Bonchev–Trinajstić information content (AvgIpc) is 2.73. The number of aryl methyl sites for hydroxylation is 1. The Hall–Kier alpha value is -1.21. The Morgan fingerprint density at radius 2 is 1.81 bits per heavy atom. The molecular weight excluding hydrogens is 335 g/mol. The highest BCUT2D eigenvalue weighted by Crippen LogP contribution is 2.32. The largest absolute Gasteiger partial charge is 0.465 e. The Morgan fingerprint density at radius 1 is 1.24 bits per heavy atom. The average molecular weight is 349 g/mol. The Kier molecular flexibility index (Phi) is 4.53. The molecule has 8 heteroatoms. The third-order valence-electron chi connectivity index (χ3n) is 2.81. The van der Waals surface area contributed by atoms with Crippen LogP contribution in [-0.2, 0) is 10.0 Å². The van der Waals surface area contributed by atoms with Crippen LogP contribution in [0.5, 0.6) is 0 Å². The zero-order chi connectivity index (χ0) is 15.8. The number of sulfonamides is 1. The fourth-order valence-corrected chi connectivity index (χ4v) is 4.32. The van der Waals surface area contributed by atoms with Crippen LogP contribution in [0.3, 0.4) is 0 Å². The van der Waals surface area contributed by atoms with Gasteiger partial charge in [-0.1, -0.05) is 23.2 Å². The Bertz CT molecular complexity index is 748. The van der Waals surface area contributed by atoms with Gasteiger partial charge in [0.05, 0.1) is 16.1 Å². The van der Waals surface area contributed by atoms with Crippen LogP contribution in [0.15, 0.2) is 33.6 Å². The fraction of sp³-hybridized carbons (Fsp3) is 0.231. The van der Waals surface area contributed by atoms with E-state index in [1.165, 1.54) is 12.1 Å². The number of hydrogen-bond acceptors (Lipinski definition) is 4. The summed E-state index contributed by atoms with van der Waals surface area (Å²) in [5, 5.41) is -0.0642. The number of benzene rings is 1. The van der Waals surface area contributed by atoms with Crippen molar-refractivity contribution in [3.05, 3.63) is 45.8 Å². The predicted molar refractivity (Wildman–Crippen MR) is 83.1 cm³/mol. The lowest BCUT2D eigenvalue weighted by Crippen LogP contribution is -2.27. The number of nitrogens with one attached hydrogen (secondary N) is 1. The number of nitrogens with two attached hydrogens (primary N) is 1. The second-order valence-electron chi connectivity index (χ2n) is 4.61. The molecule has 3 N–H and O–H groups in total. The van der Waals surface area contributed by atoms with E-state index < -0.39 is 16.1 Å². The molecule has 1 atom stereocenters. The van der Waals surface area contributed by atoms with E-state index in [9.17, 15) is 8.42 Å². The number of rotatable bonds is 4. The lowest BCUT2D eigenvalue weighted by molar-refractivity contribution is 0.441. The normalized spacial score (nSPS) is 13.3. The molecule has 0 saturated carbocycles. The summed E-state index contributed by atoms with van der Waals surface area (Å²) < 4.78 is 32.7. The van der Waals surface area contributed by atoms with E-state index in [-0.39, 0.29) is 14.9 Å². The molecule has 0 aliphatic heterocycles. The molecule has 0 radical (unpaired) electrons. The molecule has 0 fully saturated rings. The molecule has 0 aliphatic carbocycles. The first-order chi connectivity index (χ1) is 9.70. The maximum atomic E-state index is 12.4. The highest BCUT2D eigenvalue weighted by atomic mass is 35.5. The highest BCUT2D eigenvalue weighted by molar-refractivity contribution is 7.89. The third kappa shape index (κ3) is 3.52. The van der Waals surface area contributed by atoms with Gasteiger partial charge in [0.15, 0.2) is 0 Å². The van der Waals surface area contributed by atoms with Crippen molar-refractivity contribution < 1.29 is 12.8 Å². The van der Waals surface area contributed by atoms with Crippen molar-refractivity contribution in [3.8, 4) is 0 Å². The number of furan rings is 1. The first-order valence-electron chi connectivity index (χ1n) is 6.04. The summed E-state index contributed by atoms with van der Waals surface area (Å²) in [5.74, 6) is 1.19. The summed E-state index contributed by atoms with van der Waals surface area (Å²) in [6.07, 6.45) is 0. The molecule has 0 amide bonds. The summed E-state index contributed by atoms with van der Waals surface area (Å²) in [6, 6.07) is 5.57. The molecule has 2 aromatic rings. The van der Waals surface area contributed by atoms with Crippen molar-refractivity contribution in [1.82, 2.24) is 4.72 Å². The Labute approximate surface area is 133 Å². The van der Waals surface area contributed by atoms with Gasteiger partial charge in [0.1, 0.15) is 16.4 Å². The molecule has 0 spiro atoms. The van der Waals surface area contributed by atoms with E-state index in [1.54, 1.807) is 26.0 Å². The quantitative estimate of drug-likeness (QED) is 0.827. The van der Waals surface area contributed by atoms with E-state index in [1.807, 2.05) is 0 Å². The van der Waals surface area contributed by atoms with Crippen LogP contribution in [0.4, 0.5) is 5.69 Å². The molecule has 1 unspecified atom stereocenters. The van der Waals surface area contributed by atoms with Crippen molar-refractivity contribution in [2.75, 3.05) is 5.73 Å². The summed E-state index contributed by atoms with van der Waals surface area (Å²) in [4.78, 5) is -0.199. The molecule has 0 aliphatic rings. The Balaban J connectivity index is 2.35. The van der Waals surface area contributed by atoms with Gasteiger partial charge in [-0.25, -0.2) is 13.1 Å². The molecule has 5 nitrogen and oxygen atoms in total. The maximum absolute atomic E-state index is 12.4. The van der Waals surface area contributed by atoms with Gasteiger partial charge in [-0.15, -0.1) is 0 Å². The SMILES string of the molecule is Cc1ccc(C(C)NS(=O)(=O)c2c(Cl)cc(N)cc2Cl)o1. The van der Waals surface area contributed by atoms with Crippen LogP contribution < -0.4 is 10.5 Å². The van der Waals surface area contributed by atoms with Crippen LogP contribution in [0.1, 0.15) is 24.5 Å². The van der Waals surface area contributed by atoms with Crippen LogP contribution in [0.25, 0.3) is 0 Å². The number of anilines is 1. The zero-order valence-electron chi connectivity index (χ0n) is 11.4. The van der Waals surface area contributed by atoms with Gasteiger partial charge in [0.25, 0.3) is 0 Å². The predicted octanol–water partition coefficient (Wildman–Crippen LogP) is 3.52. The topological polar surface area (TPSA) is 85.3 Å².